The van der Waals surface area contributed by atoms with Crippen molar-refractivity contribution in [3.63, 3.8) is 0 Å². The monoisotopic (exact) mass is 676 g/mol. The number of carbonyl (C=O) groups is 1. The maximum atomic E-state index is 15.2. The first-order valence-electron chi connectivity index (χ1n) is 16.8. The molecule has 3 aromatic rings. The predicted molar refractivity (Wildman–Crippen MR) is 189 cm³/mol. The number of likely N-dealkylation sites (tertiary alicyclic amines) is 2. The molecule has 250 valence electrons. The van der Waals surface area contributed by atoms with Gasteiger partial charge in [-0.25, -0.2) is 9.78 Å². The molecule has 47 heavy (non-hydrogen) atoms. The second kappa shape index (κ2) is 13.0. The highest BCUT2D eigenvalue weighted by molar-refractivity contribution is 6.30. The molecule has 4 heterocycles. The zero-order chi connectivity index (χ0) is 33.6. The molecule has 6 rings (SSSR count). The molecule has 2 saturated heterocycles. The zero-order valence-corrected chi connectivity index (χ0v) is 29.9. The first kappa shape index (κ1) is 33.7. The molecule has 8 nitrogen and oxygen atoms in total. The highest BCUT2D eigenvalue weighted by Crippen LogP contribution is 2.54. The summed E-state index contributed by atoms with van der Waals surface area (Å²) >= 11 is 12.8. The Bertz CT molecular complexity index is 1630. The minimum absolute atomic E-state index is 0.0962. The Morgan fingerprint density at radius 2 is 1.49 bits per heavy atom. The summed E-state index contributed by atoms with van der Waals surface area (Å²) in [7, 11) is 0. The van der Waals surface area contributed by atoms with Crippen LogP contribution in [0, 0.1) is 0 Å². The predicted octanol–water partition coefficient (Wildman–Crippen LogP) is 8.05. The van der Waals surface area contributed by atoms with E-state index in [9.17, 15) is 0 Å². The van der Waals surface area contributed by atoms with Gasteiger partial charge in [0.15, 0.2) is 0 Å². The number of nitrogens with zero attached hydrogens (tertiary/aromatic N) is 6. The number of aliphatic imine (C=N–C) groups is 1. The summed E-state index contributed by atoms with van der Waals surface area (Å²) in [4.78, 5) is 36.8. The molecule has 0 spiro atoms. The van der Waals surface area contributed by atoms with Gasteiger partial charge in [-0.1, -0.05) is 68.2 Å². The van der Waals surface area contributed by atoms with E-state index in [1.807, 2.05) is 65.3 Å². The van der Waals surface area contributed by atoms with Crippen LogP contribution in [-0.4, -0.2) is 75.4 Å². The van der Waals surface area contributed by atoms with Crippen molar-refractivity contribution in [1.29, 1.82) is 0 Å². The first-order valence-corrected chi connectivity index (χ1v) is 17.6. The van der Waals surface area contributed by atoms with Crippen molar-refractivity contribution in [2.75, 3.05) is 32.8 Å². The molecule has 3 aliphatic heterocycles. The Morgan fingerprint density at radius 3 is 2.04 bits per heavy atom. The highest BCUT2D eigenvalue weighted by Gasteiger charge is 2.60. The second-order valence-corrected chi connectivity index (χ2v) is 15.1. The molecule has 0 aliphatic carbocycles. The molecule has 2 fully saturated rings. The molecule has 0 N–H and O–H groups in total. The van der Waals surface area contributed by atoms with Gasteiger partial charge >= 0.3 is 6.03 Å². The van der Waals surface area contributed by atoms with Crippen LogP contribution in [0.15, 0.2) is 59.7 Å². The average molecular weight is 678 g/mol. The van der Waals surface area contributed by atoms with E-state index in [2.05, 4.69) is 39.5 Å². The summed E-state index contributed by atoms with van der Waals surface area (Å²) in [6.07, 6.45) is 6.19. The number of ether oxygens (including phenoxy) is 1. The molecule has 10 heteroatoms. The zero-order valence-electron chi connectivity index (χ0n) is 28.4. The van der Waals surface area contributed by atoms with Gasteiger partial charge < -0.3 is 14.5 Å². The molecule has 2 aromatic carbocycles. The number of amides is 2. The van der Waals surface area contributed by atoms with Crippen molar-refractivity contribution in [1.82, 2.24) is 24.7 Å². The molecular weight excluding hydrogens is 631 g/mol. The highest BCUT2D eigenvalue weighted by atomic mass is 35.5. The minimum atomic E-state index is -0.976. The van der Waals surface area contributed by atoms with Gasteiger partial charge in [-0.15, -0.1) is 0 Å². The lowest BCUT2D eigenvalue weighted by Gasteiger charge is -2.47. The smallest absolute Gasteiger partial charge is 0.326 e. The normalized spacial score (nSPS) is 24.1. The van der Waals surface area contributed by atoms with Gasteiger partial charge in [0.25, 0.3) is 0 Å². The van der Waals surface area contributed by atoms with Crippen LogP contribution < -0.4 is 4.74 Å². The van der Waals surface area contributed by atoms with Gasteiger partial charge in [-0.05, 0) is 94.9 Å². The van der Waals surface area contributed by atoms with Crippen LogP contribution in [-0.2, 0) is 16.5 Å². The van der Waals surface area contributed by atoms with E-state index in [1.165, 1.54) is 12.8 Å². The van der Waals surface area contributed by atoms with Crippen molar-refractivity contribution >= 4 is 35.1 Å². The maximum absolute atomic E-state index is 15.2. The second-order valence-electron chi connectivity index (χ2n) is 14.3. The Balaban J connectivity index is 1.52. The minimum Gasteiger partial charge on any atom is -0.477 e. The summed E-state index contributed by atoms with van der Waals surface area (Å²) in [5, 5.41) is 1.25. The lowest BCUT2D eigenvalue weighted by Crippen LogP contribution is -2.59. The van der Waals surface area contributed by atoms with Crippen molar-refractivity contribution in [2.45, 2.75) is 89.8 Å². The third-order valence-corrected chi connectivity index (χ3v) is 10.8. The molecule has 3 aliphatic rings. The molecular formula is C37H46Cl2N6O2. The van der Waals surface area contributed by atoms with Crippen LogP contribution in [0.3, 0.4) is 0 Å². The van der Waals surface area contributed by atoms with Gasteiger partial charge in [0.2, 0.25) is 5.88 Å². The number of rotatable bonds is 6. The first-order chi connectivity index (χ1) is 22.4. The number of carbonyl (C=O) groups excluding carboxylic acids is 1. The Kier molecular flexibility index (Phi) is 9.33. The lowest BCUT2D eigenvalue weighted by atomic mass is 9.71. The van der Waals surface area contributed by atoms with Crippen LogP contribution in [0.1, 0.15) is 89.7 Å². The number of piperidine rings is 1. The van der Waals surface area contributed by atoms with E-state index < -0.39 is 11.1 Å². The number of hydrogen-bond donors (Lipinski definition) is 0. The van der Waals surface area contributed by atoms with Crippen LogP contribution >= 0.6 is 23.2 Å². The molecule has 2 atom stereocenters. The van der Waals surface area contributed by atoms with Gasteiger partial charge in [0, 0.05) is 40.8 Å². The van der Waals surface area contributed by atoms with Gasteiger partial charge in [-0.2, -0.15) is 4.98 Å². The average Bonchev–Trinajstić information content (AvgIpc) is 3.67. The molecule has 1 aromatic heterocycles. The van der Waals surface area contributed by atoms with E-state index in [4.69, 9.17) is 42.9 Å². The maximum Gasteiger partial charge on any atom is 0.326 e. The molecule has 0 bridgehead atoms. The third kappa shape index (κ3) is 6.13. The number of urea groups is 1. The lowest BCUT2D eigenvalue weighted by molar-refractivity contribution is 0.0871. The number of benzene rings is 2. The van der Waals surface area contributed by atoms with E-state index in [1.54, 1.807) is 6.20 Å². The summed E-state index contributed by atoms with van der Waals surface area (Å²) in [6, 6.07) is 15.9. The van der Waals surface area contributed by atoms with Crippen LogP contribution in [0.4, 0.5) is 4.79 Å². The molecule has 0 radical (unpaired) electrons. The van der Waals surface area contributed by atoms with Crippen LogP contribution in [0.2, 0.25) is 10.0 Å². The van der Waals surface area contributed by atoms with E-state index >= 15 is 4.79 Å². The Morgan fingerprint density at radius 1 is 0.915 bits per heavy atom. The summed E-state index contributed by atoms with van der Waals surface area (Å²) < 4.78 is 6.19. The van der Waals surface area contributed by atoms with Crippen molar-refractivity contribution in [3.05, 3.63) is 87.3 Å². The number of amidine groups is 1. The standard InChI is InChI=1S/C37H46Cl2N6O2/c1-7-47-32-30(24-40-33(41-32)35(2,3)4)31-42-36(5,25-10-14-27(38)15-11-25)37(6,26-12-16-28(39)17-13-26)45(31)34(46)44-22-18-29(19-23-44)43-20-8-9-21-43/h10-17,24,29H,7-9,18-23H2,1-6H3. The van der Waals surface area contributed by atoms with E-state index in [0.29, 0.717) is 58.9 Å². The van der Waals surface area contributed by atoms with E-state index in [-0.39, 0.29) is 11.4 Å². The molecule has 2 amide bonds. The number of hydrogen-bond acceptors (Lipinski definition) is 6. The SMILES string of the molecule is CCOc1nc(C(C)(C)C)ncc1C1=NC(C)(c2ccc(Cl)cc2)C(C)(c2ccc(Cl)cc2)N1C(=O)N1CCC(N2CCCC2)CC1. The number of halogens is 2. The quantitative estimate of drug-likeness (QED) is 0.264. The van der Waals surface area contributed by atoms with E-state index in [0.717, 1.165) is 37.1 Å². The van der Waals surface area contributed by atoms with Crippen molar-refractivity contribution in [2.24, 2.45) is 4.99 Å². The molecule has 2 unspecified atom stereocenters. The molecule has 0 saturated carbocycles. The van der Waals surface area contributed by atoms with Crippen LogP contribution in [0.25, 0.3) is 0 Å². The van der Waals surface area contributed by atoms with Crippen molar-refractivity contribution < 1.29 is 9.53 Å². The largest absolute Gasteiger partial charge is 0.477 e. The fourth-order valence-corrected chi connectivity index (χ4v) is 7.62. The van der Waals surface area contributed by atoms with Gasteiger partial charge in [0.05, 0.1) is 12.2 Å². The Labute approximate surface area is 289 Å². The summed E-state index contributed by atoms with van der Waals surface area (Å²) in [5.41, 5.74) is 0.200. The van der Waals surface area contributed by atoms with Gasteiger partial charge in [-0.3, -0.25) is 9.89 Å². The number of aromatic nitrogens is 2. The third-order valence-electron chi connectivity index (χ3n) is 10.3. The van der Waals surface area contributed by atoms with Gasteiger partial charge in [0.1, 0.15) is 22.7 Å². The van der Waals surface area contributed by atoms with Crippen molar-refractivity contribution in [3.8, 4) is 5.88 Å². The summed E-state index contributed by atoms with van der Waals surface area (Å²) in [5.74, 6) is 1.55. The Hall–Kier alpha value is -3.20. The van der Waals surface area contributed by atoms with Crippen LogP contribution in [0.5, 0.6) is 5.88 Å². The summed E-state index contributed by atoms with van der Waals surface area (Å²) in [6.45, 7) is 16.4. The fourth-order valence-electron chi connectivity index (χ4n) is 7.37. The topological polar surface area (TPSA) is 74.2 Å². The fraction of sp³-hybridized carbons (Fsp3) is 0.514.